The molecule has 0 unspecified atom stereocenters. The number of aliphatic hydroxyl groups is 1. The molecule has 0 aliphatic carbocycles. The van der Waals surface area contributed by atoms with E-state index in [1.165, 1.54) is 18.5 Å². The van der Waals surface area contributed by atoms with Crippen LogP contribution in [0, 0.1) is 6.92 Å². The summed E-state index contributed by atoms with van der Waals surface area (Å²) in [6.07, 6.45) is 4.56. The lowest BCUT2D eigenvalue weighted by Crippen LogP contribution is -2.16. The van der Waals surface area contributed by atoms with E-state index in [4.69, 9.17) is 9.84 Å². The summed E-state index contributed by atoms with van der Waals surface area (Å²) >= 11 is 0. The van der Waals surface area contributed by atoms with Crippen LogP contribution in [0.15, 0.2) is 41.6 Å². The van der Waals surface area contributed by atoms with Crippen molar-refractivity contribution >= 4 is 21.9 Å². The van der Waals surface area contributed by atoms with Gasteiger partial charge in [0.05, 0.1) is 17.1 Å². The standard InChI is InChI=1S/C16H19N3O4S/c1-3-4-14-15(17-11-18-16(14)23-10-9-20)19-24(21,22)13-7-5-12(2)6-8-13/h3-8,11,20H,9-10H2,1-2H3,(H,17,18,19). The Labute approximate surface area is 141 Å². The van der Waals surface area contributed by atoms with Crippen molar-refractivity contribution in [1.82, 2.24) is 9.97 Å². The summed E-state index contributed by atoms with van der Waals surface area (Å²) in [5.41, 5.74) is 1.36. The normalized spacial score (nSPS) is 11.6. The van der Waals surface area contributed by atoms with Crippen molar-refractivity contribution in [3.05, 3.63) is 47.8 Å². The molecule has 1 aromatic heterocycles. The number of aryl methyl sites for hydroxylation is 1. The van der Waals surface area contributed by atoms with E-state index in [2.05, 4.69) is 14.7 Å². The van der Waals surface area contributed by atoms with Gasteiger partial charge in [-0.25, -0.2) is 18.4 Å². The molecule has 1 heterocycles. The minimum atomic E-state index is -3.79. The zero-order valence-corrected chi connectivity index (χ0v) is 14.2. The number of ether oxygens (including phenoxy) is 1. The molecular formula is C16H19N3O4S. The molecular weight excluding hydrogens is 330 g/mol. The zero-order valence-electron chi connectivity index (χ0n) is 13.4. The molecule has 0 aliphatic rings. The van der Waals surface area contributed by atoms with Crippen LogP contribution in [-0.2, 0) is 10.0 Å². The molecule has 2 aromatic rings. The summed E-state index contributed by atoms with van der Waals surface area (Å²) in [5, 5.41) is 8.88. The first-order chi connectivity index (χ1) is 11.5. The minimum absolute atomic E-state index is 0.0473. The van der Waals surface area contributed by atoms with Gasteiger partial charge in [0.25, 0.3) is 10.0 Å². The van der Waals surface area contributed by atoms with E-state index in [0.29, 0.717) is 5.56 Å². The van der Waals surface area contributed by atoms with Gasteiger partial charge in [0, 0.05) is 0 Å². The quantitative estimate of drug-likeness (QED) is 0.793. The first-order valence-corrected chi connectivity index (χ1v) is 8.77. The van der Waals surface area contributed by atoms with Crippen LogP contribution in [0.25, 0.3) is 6.08 Å². The number of benzene rings is 1. The summed E-state index contributed by atoms with van der Waals surface area (Å²) in [4.78, 5) is 8.11. The largest absolute Gasteiger partial charge is 0.475 e. The van der Waals surface area contributed by atoms with Gasteiger partial charge in [-0.3, -0.25) is 4.72 Å². The van der Waals surface area contributed by atoms with Gasteiger partial charge < -0.3 is 9.84 Å². The van der Waals surface area contributed by atoms with Gasteiger partial charge in [-0.1, -0.05) is 29.8 Å². The number of aliphatic hydroxyl groups excluding tert-OH is 1. The van der Waals surface area contributed by atoms with Gasteiger partial charge in [-0.2, -0.15) is 0 Å². The summed E-state index contributed by atoms with van der Waals surface area (Å²) in [5.74, 6) is 0.301. The Morgan fingerprint density at radius 1 is 1.25 bits per heavy atom. The maximum Gasteiger partial charge on any atom is 0.263 e. The molecule has 0 amide bonds. The summed E-state index contributed by atoms with van der Waals surface area (Å²) in [6, 6.07) is 6.49. The average Bonchev–Trinajstić information content (AvgIpc) is 2.55. The number of anilines is 1. The van der Waals surface area contributed by atoms with E-state index in [0.717, 1.165) is 5.56 Å². The van der Waals surface area contributed by atoms with E-state index in [1.54, 1.807) is 31.2 Å². The molecule has 2 N–H and O–H groups in total. The lowest BCUT2D eigenvalue weighted by Gasteiger charge is -2.13. The monoisotopic (exact) mass is 349 g/mol. The number of hydrogen-bond acceptors (Lipinski definition) is 6. The molecule has 0 aliphatic heterocycles. The summed E-state index contributed by atoms with van der Waals surface area (Å²) in [7, 11) is -3.79. The fraction of sp³-hybridized carbons (Fsp3) is 0.250. The Kier molecular flexibility index (Phi) is 5.88. The van der Waals surface area contributed by atoms with Crippen LogP contribution in [0.3, 0.4) is 0 Å². The third kappa shape index (κ3) is 4.30. The maximum atomic E-state index is 12.5. The zero-order chi connectivity index (χ0) is 17.6. The Hall–Kier alpha value is -2.45. The van der Waals surface area contributed by atoms with Gasteiger partial charge in [0.2, 0.25) is 5.88 Å². The Morgan fingerprint density at radius 2 is 1.96 bits per heavy atom. The molecule has 8 heteroatoms. The van der Waals surface area contributed by atoms with Crippen molar-refractivity contribution in [2.24, 2.45) is 0 Å². The van der Waals surface area contributed by atoms with Crippen molar-refractivity contribution in [2.45, 2.75) is 18.7 Å². The number of nitrogens with one attached hydrogen (secondary N) is 1. The molecule has 0 fully saturated rings. The van der Waals surface area contributed by atoms with E-state index in [1.807, 2.05) is 6.92 Å². The lowest BCUT2D eigenvalue weighted by molar-refractivity contribution is 0.196. The highest BCUT2D eigenvalue weighted by molar-refractivity contribution is 7.92. The number of allylic oxidation sites excluding steroid dienone is 1. The molecule has 128 valence electrons. The topological polar surface area (TPSA) is 101 Å². The Balaban J connectivity index is 2.39. The van der Waals surface area contributed by atoms with Crippen LogP contribution in [0.1, 0.15) is 18.1 Å². The number of sulfonamides is 1. The van der Waals surface area contributed by atoms with Crippen LogP contribution >= 0.6 is 0 Å². The van der Waals surface area contributed by atoms with Crippen molar-refractivity contribution in [2.75, 3.05) is 17.9 Å². The highest BCUT2D eigenvalue weighted by atomic mass is 32.2. The van der Waals surface area contributed by atoms with Gasteiger partial charge in [0.15, 0.2) is 5.82 Å². The van der Waals surface area contributed by atoms with Crippen LogP contribution < -0.4 is 9.46 Å². The first-order valence-electron chi connectivity index (χ1n) is 7.28. The fourth-order valence-electron chi connectivity index (χ4n) is 1.94. The van der Waals surface area contributed by atoms with E-state index in [9.17, 15) is 8.42 Å². The lowest BCUT2D eigenvalue weighted by atomic mass is 10.2. The molecule has 1 aromatic carbocycles. The number of aromatic nitrogens is 2. The van der Waals surface area contributed by atoms with Gasteiger partial charge >= 0.3 is 0 Å². The van der Waals surface area contributed by atoms with E-state index >= 15 is 0 Å². The minimum Gasteiger partial charge on any atom is -0.475 e. The second kappa shape index (κ2) is 7.89. The predicted molar refractivity (Wildman–Crippen MR) is 91.3 cm³/mol. The van der Waals surface area contributed by atoms with Crippen molar-refractivity contribution in [1.29, 1.82) is 0 Å². The van der Waals surface area contributed by atoms with E-state index < -0.39 is 10.0 Å². The smallest absolute Gasteiger partial charge is 0.263 e. The van der Waals surface area contributed by atoms with Crippen LogP contribution in [0.5, 0.6) is 5.88 Å². The molecule has 0 radical (unpaired) electrons. The molecule has 0 atom stereocenters. The third-order valence-corrected chi connectivity index (χ3v) is 4.43. The summed E-state index contributed by atoms with van der Waals surface area (Å²) in [6.45, 7) is 3.53. The van der Waals surface area contributed by atoms with Crippen molar-refractivity contribution in [3.63, 3.8) is 0 Å². The second-order valence-electron chi connectivity index (χ2n) is 4.93. The first kappa shape index (κ1) is 17.9. The average molecular weight is 349 g/mol. The molecule has 0 bridgehead atoms. The van der Waals surface area contributed by atoms with Crippen molar-refractivity contribution < 1.29 is 18.3 Å². The Morgan fingerprint density at radius 3 is 2.58 bits per heavy atom. The highest BCUT2D eigenvalue weighted by Gasteiger charge is 2.18. The fourth-order valence-corrected chi connectivity index (χ4v) is 2.97. The van der Waals surface area contributed by atoms with Crippen LogP contribution in [0.4, 0.5) is 5.82 Å². The molecule has 0 saturated heterocycles. The molecule has 24 heavy (non-hydrogen) atoms. The number of nitrogens with zero attached hydrogens (tertiary/aromatic N) is 2. The highest BCUT2D eigenvalue weighted by Crippen LogP contribution is 2.26. The van der Waals surface area contributed by atoms with Crippen LogP contribution in [-0.4, -0.2) is 36.7 Å². The van der Waals surface area contributed by atoms with Gasteiger partial charge in [-0.05, 0) is 26.0 Å². The molecule has 0 saturated carbocycles. The SMILES string of the molecule is CC=Cc1c(NS(=O)(=O)c2ccc(C)cc2)ncnc1OCCO. The number of rotatable bonds is 7. The van der Waals surface area contributed by atoms with Gasteiger partial charge in [0.1, 0.15) is 12.9 Å². The van der Waals surface area contributed by atoms with Gasteiger partial charge in [-0.15, -0.1) is 0 Å². The van der Waals surface area contributed by atoms with E-state index in [-0.39, 0.29) is 29.8 Å². The Bertz CT molecular complexity index is 818. The van der Waals surface area contributed by atoms with Crippen molar-refractivity contribution in [3.8, 4) is 5.88 Å². The molecule has 0 spiro atoms. The summed E-state index contributed by atoms with van der Waals surface area (Å²) < 4.78 is 32.8. The van der Waals surface area contributed by atoms with Crippen LogP contribution in [0.2, 0.25) is 0 Å². The predicted octanol–water partition coefficient (Wildman–Crippen LogP) is 1.99. The number of hydrogen-bond donors (Lipinski definition) is 2. The second-order valence-corrected chi connectivity index (χ2v) is 6.61. The third-order valence-electron chi connectivity index (χ3n) is 3.07. The molecule has 7 nitrogen and oxygen atoms in total. The maximum absolute atomic E-state index is 12.5. The molecule has 2 rings (SSSR count).